The van der Waals surface area contributed by atoms with E-state index in [0.29, 0.717) is 25.6 Å². The van der Waals surface area contributed by atoms with Gasteiger partial charge in [0.05, 0.1) is 4.90 Å². The van der Waals surface area contributed by atoms with Crippen LogP contribution in [0.4, 0.5) is 17.6 Å². The molecule has 1 unspecified atom stereocenters. The average molecular weight is 533 g/mol. The summed E-state index contributed by atoms with van der Waals surface area (Å²) in [6.45, 7) is 1.43. The SMILES string of the molecule is O=C(NO)C1(S(=O)(=O)c2ccc(Oc3ccc(OC(F)(F)F)c(F)c3)cc2)CCC2(CCNCC2)C1. The lowest BCUT2D eigenvalue weighted by Crippen LogP contribution is -2.51. The molecular weight excluding hydrogens is 508 g/mol. The van der Waals surface area contributed by atoms with Gasteiger partial charge in [-0.25, -0.2) is 18.3 Å². The molecule has 1 spiro atoms. The van der Waals surface area contributed by atoms with Crippen LogP contribution in [-0.4, -0.2) is 43.7 Å². The van der Waals surface area contributed by atoms with Crippen LogP contribution in [0.2, 0.25) is 0 Å². The molecule has 1 saturated carbocycles. The number of piperidine rings is 1. The average Bonchev–Trinajstić information content (AvgIpc) is 3.21. The Labute approximate surface area is 204 Å². The number of hydroxylamine groups is 1. The van der Waals surface area contributed by atoms with Gasteiger partial charge in [-0.2, -0.15) is 0 Å². The van der Waals surface area contributed by atoms with Crippen molar-refractivity contribution in [1.29, 1.82) is 0 Å². The molecule has 8 nitrogen and oxygen atoms in total. The molecular formula is C23H24F4N2O6S. The minimum Gasteiger partial charge on any atom is -0.457 e. The normalized spacial score (nSPS) is 21.8. The lowest BCUT2D eigenvalue weighted by Gasteiger charge is -2.36. The Balaban J connectivity index is 1.56. The van der Waals surface area contributed by atoms with Crippen molar-refractivity contribution >= 4 is 15.7 Å². The quantitative estimate of drug-likeness (QED) is 0.292. The van der Waals surface area contributed by atoms with Gasteiger partial charge in [0.2, 0.25) is 0 Å². The van der Waals surface area contributed by atoms with Crippen molar-refractivity contribution < 1.29 is 45.5 Å². The Morgan fingerprint density at radius 3 is 2.22 bits per heavy atom. The fraction of sp³-hybridized carbons (Fsp3) is 0.435. The lowest BCUT2D eigenvalue weighted by atomic mass is 9.77. The van der Waals surface area contributed by atoms with Gasteiger partial charge in [-0.3, -0.25) is 10.0 Å². The van der Waals surface area contributed by atoms with Crippen molar-refractivity contribution in [3.05, 3.63) is 48.3 Å². The van der Waals surface area contributed by atoms with Crippen LogP contribution in [0.15, 0.2) is 47.4 Å². The molecule has 2 aromatic carbocycles. The lowest BCUT2D eigenvalue weighted by molar-refractivity contribution is -0.275. The number of carbonyl (C=O) groups is 1. The predicted molar refractivity (Wildman–Crippen MR) is 118 cm³/mol. The van der Waals surface area contributed by atoms with Crippen molar-refractivity contribution in [3.8, 4) is 17.2 Å². The molecule has 0 aromatic heterocycles. The Bertz CT molecular complexity index is 1230. The Morgan fingerprint density at radius 2 is 1.64 bits per heavy atom. The maximum atomic E-state index is 13.9. The molecule has 1 atom stereocenters. The number of halogens is 4. The van der Waals surface area contributed by atoms with Gasteiger partial charge in [-0.05, 0) is 87.0 Å². The van der Waals surface area contributed by atoms with Crippen LogP contribution in [0.1, 0.15) is 32.1 Å². The summed E-state index contributed by atoms with van der Waals surface area (Å²) in [5.74, 6) is -3.35. The molecule has 196 valence electrons. The summed E-state index contributed by atoms with van der Waals surface area (Å²) in [6.07, 6.45) is -2.94. The van der Waals surface area contributed by atoms with E-state index in [9.17, 15) is 36.0 Å². The van der Waals surface area contributed by atoms with Gasteiger partial charge in [0, 0.05) is 6.07 Å². The van der Waals surface area contributed by atoms with E-state index in [2.05, 4.69) is 10.1 Å². The summed E-state index contributed by atoms with van der Waals surface area (Å²) < 4.78 is 85.3. The van der Waals surface area contributed by atoms with E-state index < -0.39 is 38.4 Å². The highest BCUT2D eigenvalue weighted by molar-refractivity contribution is 7.93. The smallest absolute Gasteiger partial charge is 0.457 e. The minimum absolute atomic E-state index is 0.0611. The number of carbonyl (C=O) groups excluding carboxylic acids is 1. The number of rotatable bonds is 6. The first kappa shape index (κ1) is 26.2. The largest absolute Gasteiger partial charge is 0.573 e. The molecule has 0 radical (unpaired) electrons. The van der Waals surface area contributed by atoms with E-state index in [0.717, 1.165) is 25.0 Å². The van der Waals surface area contributed by atoms with E-state index in [1.807, 2.05) is 0 Å². The summed E-state index contributed by atoms with van der Waals surface area (Å²) in [4.78, 5) is 12.6. The van der Waals surface area contributed by atoms with Gasteiger partial charge in [-0.15, -0.1) is 13.2 Å². The molecule has 36 heavy (non-hydrogen) atoms. The van der Waals surface area contributed by atoms with Crippen molar-refractivity contribution in [3.63, 3.8) is 0 Å². The molecule has 0 bridgehead atoms. The van der Waals surface area contributed by atoms with Crippen molar-refractivity contribution in [2.75, 3.05) is 13.1 Å². The molecule has 4 rings (SSSR count). The van der Waals surface area contributed by atoms with E-state index in [1.54, 1.807) is 0 Å². The first-order chi connectivity index (χ1) is 16.9. The predicted octanol–water partition coefficient (Wildman–Crippen LogP) is 4.09. The molecule has 1 amide bonds. The summed E-state index contributed by atoms with van der Waals surface area (Å²) in [7, 11) is -4.24. The third-order valence-corrected chi connectivity index (χ3v) is 9.37. The highest BCUT2D eigenvalue weighted by Gasteiger charge is 2.60. The molecule has 2 aliphatic rings. The molecule has 1 aliphatic heterocycles. The van der Waals surface area contributed by atoms with Gasteiger partial charge < -0.3 is 14.8 Å². The summed E-state index contributed by atoms with van der Waals surface area (Å²) >= 11 is 0. The van der Waals surface area contributed by atoms with Gasteiger partial charge in [0.1, 0.15) is 11.5 Å². The van der Waals surface area contributed by atoms with Gasteiger partial charge >= 0.3 is 6.36 Å². The number of hydrogen-bond acceptors (Lipinski definition) is 7. The molecule has 1 heterocycles. The molecule has 1 aliphatic carbocycles. The third-order valence-electron chi connectivity index (χ3n) is 6.91. The number of ether oxygens (including phenoxy) is 2. The second-order valence-corrected chi connectivity index (χ2v) is 11.3. The van der Waals surface area contributed by atoms with E-state index in [4.69, 9.17) is 4.74 Å². The number of hydrogen-bond donors (Lipinski definition) is 3. The minimum atomic E-state index is -5.05. The highest BCUT2D eigenvalue weighted by Crippen LogP contribution is 2.54. The van der Waals surface area contributed by atoms with Crippen molar-refractivity contribution in [2.24, 2.45) is 5.41 Å². The van der Waals surface area contributed by atoms with Crippen molar-refractivity contribution in [1.82, 2.24) is 10.8 Å². The van der Waals surface area contributed by atoms with Crippen LogP contribution in [-0.2, 0) is 14.6 Å². The second kappa shape index (κ2) is 9.52. The van der Waals surface area contributed by atoms with E-state index in [1.165, 1.54) is 29.7 Å². The highest BCUT2D eigenvalue weighted by atomic mass is 32.2. The number of sulfone groups is 1. The zero-order valence-corrected chi connectivity index (χ0v) is 19.7. The fourth-order valence-corrected chi connectivity index (χ4v) is 7.18. The monoisotopic (exact) mass is 532 g/mol. The van der Waals surface area contributed by atoms with Crippen LogP contribution >= 0.6 is 0 Å². The van der Waals surface area contributed by atoms with E-state index in [-0.39, 0.29) is 34.7 Å². The standard InChI is InChI=1S/C23H24F4N2O6S/c24-18-13-16(3-6-19(18)35-23(25,26)27)34-15-1-4-17(5-2-15)36(32,33)22(20(30)29-31)8-7-21(14-22)9-11-28-12-10-21/h1-6,13,28,31H,7-12,14H2,(H,29,30). The van der Waals surface area contributed by atoms with Crippen LogP contribution in [0.25, 0.3) is 0 Å². The summed E-state index contributed by atoms with van der Waals surface area (Å²) in [5, 5.41) is 12.6. The first-order valence-electron chi connectivity index (χ1n) is 11.1. The Hall–Kier alpha value is -2.90. The first-order valence-corrected chi connectivity index (χ1v) is 12.6. The maximum absolute atomic E-state index is 13.9. The molecule has 2 aromatic rings. The third kappa shape index (κ3) is 5.00. The van der Waals surface area contributed by atoms with Crippen LogP contribution in [0, 0.1) is 11.2 Å². The van der Waals surface area contributed by atoms with Crippen LogP contribution < -0.4 is 20.3 Å². The molecule has 13 heteroatoms. The number of alkyl halides is 3. The number of benzene rings is 2. The molecule has 2 fully saturated rings. The van der Waals surface area contributed by atoms with Gasteiger partial charge in [0.25, 0.3) is 5.91 Å². The maximum Gasteiger partial charge on any atom is 0.573 e. The topological polar surface area (TPSA) is 114 Å². The number of nitrogens with one attached hydrogen (secondary N) is 2. The second-order valence-electron chi connectivity index (χ2n) is 9.08. The Kier molecular flexibility index (Phi) is 6.92. The molecule has 1 saturated heterocycles. The zero-order chi connectivity index (χ0) is 26.2. The number of amides is 1. The van der Waals surface area contributed by atoms with E-state index >= 15 is 0 Å². The van der Waals surface area contributed by atoms with Crippen molar-refractivity contribution in [2.45, 2.75) is 48.1 Å². The fourth-order valence-electron chi connectivity index (χ4n) is 5.08. The Morgan fingerprint density at radius 1 is 1.00 bits per heavy atom. The zero-order valence-electron chi connectivity index (χ0n) is 18.9. The van der Waals surface area contributed by atoms with Crippen LogP contribution in [0.5, 0.6) is 17.2 Å². The summed E-state index contributed by atoms with van der Waals surface area (Å²) in [5.41, 5.74) is 1.22. The van der Waals surface area contributed by atoms with Crippen LogP contribution in [0.3, 0.4) is 0 Å². The molecule has 3 N–H and O–H groups in total. The van der Waals surface area contributed by atoms with Gasteiger partial charge in [0.15, 0.2) is 26.2 Å². The van der Waals surface area contributed by atoms with Gasteiger partial charge in [-0.1, -0.05) is 0 Å². The summed E-state index contributed by atoms with van der Waals surface area (Å²) in [6, 6.07) is 7.53.